The van der Waals surface area contributed by atoms with Gasteiger partial charge in [-0.3, -0.25) is 0 Å². The van der Waals surface area contributed by atoms with Gasteiger partial charge in [0, 0.05) is 31.9 Å². The Morgan fingerprint density at radius 3 is 1.60 bits per heavy atom. The van der Waals surface area contributed by atoms with E-state index in [9.17, 15) is 4.39 Å². The fourth-order valence-electron chi connectivity index (χ4n) is 3.83. The number of oxazole rings is 1. The van der Waals surface area contributed by atoms with E-state index in [-0.39, 0.29) is 6.61 Å². The molecule has 0 saturated carbocycles. The molecule has 3 aromatic rings. The molecule has 45 heavy (non-hydrogen) atoms. The zero-order chi connectivity index (χ0) is 31.8. The molecule has 250 valence electrons. The first kappa shape index (κ1) is 36.4. The Balaban J connectivity index is 1.11. The van der Waals surface area contributed by atoms with Crippen molar-refractivity contribution in [1.82, 2.24) is 4.98 Å². The van der Waals surface area contributed by atoms with Crippen molar-refractivity contribution in [2.75, 3.05) is 125 Å². The van der Waals surface area contributed by atoms with Crippen LogP contribution in [0.3, 0.4) is 0 Å². The minimum absolute atomic E-state index is 0.112. The summed E-state index contributed by atoms with van der Waals surface area (Å²) in [5, 5.41) is 0. The summed E-state index contributed by atoms with van der Waals surface area (Å²) in [6, 6.07) is 13.8. The number of hydrogen-bond donors (Lipinski definition) is 0. The third-order valence-corrected chi connectivity index (χ3v) is 6.15. The molecular formula is C33H47FN2O9. The summed E-state index contributed by atoms with van der Waals surface area (Å²) in [7, 11) is 4.04. The molecule has 0 radical (unpaired) electrons. The molecule has 2 aromatic carbocycles. The monoisotopic (exact) mass is 634 g/mol. The number of fused-ring (bicyclic) bond motifs is 1. The summed E-state index contributed by atoms with van der Waals surface area (Å²) in [5.41, 5.74) is 3.66. The number of anilines is 1. The maximum Gasteiger partial charge on any atom is 0.220 e. The van der Waals surface area contributed by atoms with Crippen molar-refractivity contribution in [3.63, 3.8) is 0 Å². The van der Waals surface area contributed by atoms with E-state index in [2.05, 4.69) is 34.1 Å². The van der Waals surface area contributed by atoms with Gasteiger partial charge in [-0.1, -0.05) is 12.1 Å². The van der Waals surface area contributed by atoms with Gasteiger partial charge < -0.3 is 47.2 Å². The van der Waals surface area contributed by atoms with Gasteiger partial charge in [-0.2, -0.15) is 0 Å². The summed E-state index contributed by atoms with van der Waals surface area (Å²) in [5.74, 6) is 1.23. The second-order valence-corrected chi connectivity index (χ2v) is 9.82. The third-order valence-electron chi connectivity index (χ3n) is 6.15. The second-order valence-electron chi connectivity index (χ2n) is 9.82. The summed E-state index contributed by atoms with van der Waals surface area (Å²) in [4.78, 5) is 6.58. The number of alkyl halides is 1. The number of rotatable bonds is 27. The molecular weight excluding hydrogens is 587 g/mol. The fraction of sp³-hybridized carbons (Fsp3) is 0.545. The topological polar surface area (TPSA) is 103 Å². The molecule has 11 nitrogen and oxygen atoms in total. The molecule has 0 aliphatic carbocycles. The van der Waals surface area contributed by atoms with Crippen molar-refractivity contribution in [2.45, 2.75) is 0 Å². The highest BCUT2D eigenvalue weighted by molar-refractivity contribution is 5.77. The number of halogens is 1. The van der Waals surface area contributed by atoms with Gasteiger partial charge >= 0.3 is 0 Å². The molecule has 0 spiro atoms. The van der Waals surface area contributed by atoms with Crippen molar-refractivity contribution in [1.29, 1.82) is 0 Å². The lowest BCUT2D eigenvalue weighted by Crippen LogP contribution is -2.15. The van der Waals surface area contributed by atoms with E-state index in [0.29, 0.717) is 110 Å². The zero-order valence-electron chi connectivity index (χ0n) is 26.5. The summed E-state index contributed by atoms with van der Waals surface area (Å²) in [6.45, 7) is 6.13. The van der Waals surface area contributed by atoms with Gasteiger partial charge in [-0.15, -0.1) is 0 Å². The summed E-state index contributed by atoms with van der Waals surface area (Å²) < 4.78 is 61.2. The number of ether oxygens (including phenoxy) is 8. The van der Waals surface area contributed by atoms with Gasteiger partial charge in [0.05, 0.1) is 92.5 Å². The molecule has 1 aromatic heterocycles. The van der Waals surface area contributed by atoms with E-state index in [4.69, 9.17) is 42.3 Å². The van der Waals surface area contributed by atoms with Gasteiger partial charge in [-0.05, 0) is 35.9 Å². The van der Waals surface area contributed by atoms with Crippen LogP contribution in [0.25, 0.3) is 23.3 Å². The van der Waals surface area contributed by atoms with Gasteiger partial charge in [0.1, 0.15) is 24.5 Å². The highest BCUT2D eigenvalue weighted by atomic mass is 19.1. The summed E-state index contributed by atoms with van der Waals surface area (Å²) in [6.07, 6.45) is 3.84. The molecule has 0 amide bonds. The Bertz CT molecular complexity index is 1190. The molecule has 0 saturated heterocycles. The Morgan fingerprint density at radius 1 is 0.622 bits per heavy atom. The van der Waals surface area contributed by atoms with Crippen molar-refractivity contribution < 1.29 is 46.7 Å². The number of aromatic nitrogens is 1. The second kappa shape index (κ2) is 23.3. The molecule has 0 aliphatic heterocycles. The van der Waals surface area contributed by atoms with Crippen molar-refractivity contribution >= 4 is 28.9 Å². The minimum atomic E-state index is -0.476. The average molecular weight is 635 g/mol. The van der Waals surface area contributed by atoms with Gasteiger partial charge in [0.2, 0.25) is 5.89 Å². The van der Waals surface area contributed by atoms with E-state index in [1.807, 2.05) is 44.4 Å². The molecule has 12 heteroatoms. The zero-order valence-corrected chi connectivity index (χ0v) is 26.5. The Morgan fingerprint density at radius 2 is 1.11 bits per heavy atom. The molecule has 0 bridgehead atoms. The first-order chi connectivity index (χ1) is 22.2. The predicted molar refractivity (Wildman–Crippen MR) is 171 cm³/mol. The van der Waals surface area contributed by atoms with Crippen molar-refractivity contribution in [3.8, 4) is 5.75 Å². The van der Waals surface area contributed by atoms with Crippen LogP contribution in [0.5, 0.6) is 5.75 Å². The molecule has 0 aliphatic rings. The van der Waals surface area contributed by atoms with Crippen molar-refractivity contribution in [2.24, 2.45) is 0 Å². The minimum Gasteiger partial charge on any atom is -0.491 e. The van der Waals surface area contributed by atoms with E-state index in [1.165, 1.54) is 0 Å². The standard InChI is InChI=1S/C33H47FN2O9/c1-36(2)29-6-3-28(4-7-29)5-10-33-35-31-9-8-30(27-32(31)45-33)44-26-25-43-24-23-42-22-21-41-20-19-40-18-17-39-16-15-38-14-13-37-12-11-34/h3-10,27H,11-26H2,1-2H3/b10-5+. The predicted octanol–water partition coefficient (Wildman–Crippen LogP) is 4.53. The Hall–Kier alpha value is -3.10. The van der Waals surface area contributed by atoms with E-state index in [0.717, 1.165) is 16.8 Å². The third kappa shape index (κ3) is 16.2. The molecule has 0 atom stereocenters. The normalized spacial score (nSPS) is 11.6. The van der Waals surface area contributed by atoms with Crippen LogP contribution < -0.4 is 9.64 Å². The van der Waals surface area contributed by atoms with Crippen LogP contribution in [0.15, 0.2) is 46.9 Å². The van der Waals surface area contributed by atoms with E-state index < -0.39 is 6.67 Å². The van der Waals surface area contributed by atoms with Crippen LogP contribution in [0.4, 0.5) is 10.1 Å². The van der Waals surface area contributed by atoms with Crippen molar-refractivity contribution in [3.05, 3.63) is 53.9 Å². The first-order valence-corrected chi connectivity index (χ1v) is 15.2. The van der Waals surface area contributed by atoms with Gasteiger partial charge in [0.25, 0.3) is 0 Å². The number of nitrogens with zero attached hydrogens (tertiary/aromatic N) is 2. The quantitative estimate of drug-likeness (QED) is 0.111. The molecule has 3 rings (SSSR count). The van der Waals surface area contributed by atoms with Crippen LogP contribution in [-0.4, -0.2) is 125 Å². The smallest absolute Gasteiger partial charge is 0.220 e. The van der Waals surface area contributed by atoms with E-state index in [1.54, 1.807) is 0 Å². The fourth-order valence-corrected chi connectivity index (χ4v) is 3.83. The summed E-state index contributed by atoms with van der Waals surface area (Å²) >= 11 is 0. The number of benzene rings is 2. The average Bonchev–Trinajstić information content (AvgIpc) is 3.46. The lowest BCUT2D eigenvalue weighted by atomic mass is 10.2. The van der Waals surface area contributed by atoms with Crippen LogP contribution in [-0.2, 0) is 33.2 Å². The lowest BCUT2D eigenvalue weighted by Gasteiger charge is -2.11. The molecule has 1 heterocycles. The van der Waals surface area contributed by atoms with Gasteiger partial charge in [0.15, 0.2) is 5.58 Å². The van der Waals surface area contributed by atoms with Crippen LogP contribution in [0, 0.1) is 0 Å². The van der Waals surface area contributed by atoms with Gasteiger partial charge in [-0.25, -0.2) is 9.37 Å². The van der Waals surface area contributed by atoms with E-state index >= 15 is 0 Å². The molecule has 0 N–H and O–H groups in total. The first-order valence-electron chi connectivity index (χ1n) is 15.2. The Labute approximate surface area is 265 Å². The number of hydrogen-bond acceptors (Lipinski definition) is 11. The Kier molecular flexibility index (Phi) is 18.8. The lowest BCUT2D eigenvalue weighted by molar-refractivity contribution is -0.0214. The highest BCUT2D eigenvalue weighted by Gasteiger charge is 2.06. The van der Waals surface area contributed by atoms with Crippen LogP contribution in [0.1, 0.15) is 11.5 Å². The maximum atomic E-state index is 11.8. The largest absolute Gasteiger partial charge is 0.491 e. The SMILES string of the molecule is CN(C)c1ccc(/C=C/c2nc3ccc(OCCOCCOCCOCCOCCOCCOCCOCCF)cc3o2)cc1. The highest BCUT2D eigenvalue weighted by Crippen LogP contribution is 2.23. The van der Waals surface area contributed by atoms with Crippen LogP contribution >= 0.6 is 0 Å². The molecule has 0 fully saturated rings. The molecule has 0 unspecified atom stereocenters. The maximum absolute atomic E-state index is 11.8. The van der Waals surface area contributed by atoms with Crippen LogP contribution in [0.2, 0.25) is 0 Å².